The topological polar surface area (TPSA) is 37.3 Å². The lowest BCUT2D eigenvalue weighted by molar-refractivity contribution is -0.237. The molecule has 0 bridgehead atoms. The molecule has 0 radical (unpaired) electrons. The quantitative estimate of drug-likeness (QED) is 0.723. The van der Waals surface area contributed by atoms with Gasteiger partial charge in [-0.2, -0.15) is 22.0 Å². The first-order valence-corrected chi connectivity index (χ1v) is 3.45. The van der Waals surface area contributed by atoms with Gasteiger partial charge in [0.1, 0.15) is 0 Å². The molecule has 0 heterocycles. The lowest BCUT2D eigenvalue weighted by Gasteiger charge is -2.17. The molecule has 0 aliphatic carbocycles. The van der Waals surface area contributed by atoms with Gasteiger partial charge in [-0.3, -0.25) is 4.79 Å². The molecule has 8 heteroatoms. The molecule has 0 aliphatic heterocycles. The van der Waals surface area contributed by atoms with Crippen LogP contribution in [0.1, 0.15) is 0 Å². The molecule has 72 valence electrons. The molecule has 0 fully saturated rings. The highest BCUT2D eigenvalue weighted by atomic mass is 32.2. The van der Waals surface area contributed by atoms with Gasteiger partial charge in [0.2, 0.25) is 0 Å². The summed E-state index contributed by atoms with van der Waals surface area (Å²) in [5, 5.41) is 2.83. The standard InChI is InChI=1S/C4H3F5O2S/c5-3(6,7)4(8,9)12-1-2(10)11/h1H2,(H,10,11). The predicted molar refractivity (Wildman–Crippen MR) is 31.1 cm³/mol. The fourth-order valence-electron chi connectivity index (χ4n) is 0.234. The fourth-order valence-corrected chi connectivity index (χ4v) is 0.703. The fraction of sp³-hybridized carbons (Fsp3) is 0.750. The molecule has 12 heavy (non-hydrogen) atoms. The van der Waals surface area contributed by atoms with E-state index in [4.69, 9.17) is 5.11 Å². The van der Waals surface area contributed by atoms with Crippen LogP contribution in [0, 0.1) is 0 Å². The Morgan fingerprint density at radius 2 is 1.67 bits per heavy atom. The summed E-state index contributed by atoms with van der Waals surface area (Å²) < 4.78 is 57.7. The summed E-state index contributed by atoms with van der Waals surface area (Å²) in [6.45, 7) is 0. The molecule has 0 aliphatic rings. The van der Waals surface area contributed by atoms with Crippen LogP contribution in [0.15, 0.2) is 0 Å². The number of carbonyl (C=O) groups is 1. The second-order valence-corrected chi connectivity index (χ2v) is 2.79. The van der Waals surface area contributed by atoms with Crippen molar-refractivity contribution >= 4 is 17.7 Å². The van der Waals surface area contributed by atoms with Gasteiger partial charge in [0.15, 0.2) is 0 Å². The van der Waals surface area contributed by atoms with Gasteiger partial charge in [0.25, 0.3) is 0 Å². The zero-order chi connectivity index (χ0) is 9.99. The third-order valence-electron chi connectivity index (χ3n) is 0.707. The number of hydrogen-bond donors (Lipinski definition) is 1. The molecular weight excluding hydrogens is 207 g/mol. The summed E-state index contributed by atoms with van der Waals surface area (Å²) in [7, 11) is 0. The summed E-state index contributed by atoms with van der Waals surface area (Å²) in [6.07, 6.45) is -5.70. The number of carboxylic acids is 1. The van der Waals surface area contributed by atoms with Gasteiger partial charge in [-0.1, -0.05) is 11.8 Å². The first-order chi connectivity index (χ1) is 5.17. The van der Waals surface area contributed by atoms with E-state index < -0.39 is 34.9 Å². The zero-order valence-corrected chi connectivity index (χ0v) is 6.18. The van der Waals surface area contributed by atoms with Crippen molar-refractivity contribution in [3.05, 3.63) is 0 Å². The van der Waals surface area contributed by atoms with E-state index in [0.717, 1.165) is 0 Å². The van der Waals surface area contributed by atoms with Crippen LogP contribution in [0.4, 0.5) is 22.0 Å². The van der Waals surface area contributed by atoms with Crippen molar-refractivity contribution in [2.45, 2.75) is 11.4 Å². The number of hydrogen-bond acceptors (Lipinski definition) is 2. The van der Waals surface area contributed by atoms with Crippen molar-refractivity contribution in [2.24, 2.45) is 0 Å². The summed E-state index contributed by atoms with van der Waals surface area (Å²) >= 11 is -0.964. The monoisotopic (exact) mass is 210 g/mol. The number of halogens is 5. The average molecular weight is 210 g/mol. The van der Waals surface area contributed by atoms with Crippen LogP contribution >= 0.6 is 11.8 Å². The van der Waals surface area contributed by atoms with Gasteiger partial charge in [-0.25, -0.2) is 0 Å². The van der Waals surface area contributed by atoms with Crippen LogP contribution in [0.5, 0.6) is 0 Å². The molecule has 0 spiro atoms. The van der Waals surface area contributed by atoms with E-state index in [2.05, 4.69) is 0 Å². The third-order valence-corrected chi connectivity index (χ3v) is 1.69. The van der Waals surface area contributed by atoms with E-state index in [1.54, 1.807) is 0 Å². The summed E-state index contributed by atoms with van der Waals surface area (Å²) in [6, 6.07) is 0. The Labute approximate surface area is 67.7 Å². The van der Waals surface area contributed by atoms with E-state index >= 15 is 0 Å². The van der Waals surface area contributed by atoms with Gasteiger partial charge >= 0.3 is 17.4 Å². The van der Waals surface area contributed by atoms with E-state index in [9.17, 15) is 26.7 Å². The van der Waals surface area contributed by atoms with Gasteiger partial charge in [0, 0.05) is 0 Å². The molecule has 0 saturated carbocycles. The Balaban J connectivity index is 4.14. The normalized spacial score (nSPS) is 13.1. The Morgan fingerprint density at radius 3 is 1.92 bits per heavy atom. The van der Waals surface area contributed by atoms with E-state index in [1.165, 1.54) is 0 Å². The molecule has 1 N–H and O–H groups in total. The van der Waals surface area contributed by atoms with E-state index in [0.29, 0.717) is 0 Å². The van der Waals surface area contributed by atoms with Crippen LogP contribution in [0.25, 0.3) is 0 Å². The average Bonchev–Trinajstić information content (AvgIpc) is 1.81. The van der Waals surface area contributed by atoms with Gasteiger partial charge in [-0.15, -0.1) is 0 Å². The maximum absolute atomic E-state index is 11.9. The third kappa shape index (κ3) is 3.24. The van der Waals surface area contributed by atoms with Crippen LogP contribution in [0.2, 0.25) is 0 Å². The summed E-state index contributed by atoms with van der Waals surface area (Å²) in [4.78, 5) is 9.65. The van der Waals surface area contributed by atoms with Crippen molar-refractivity contribution in [1.82, 2.24) is 0 Å². The number of aliphatic carboxylic acids is 1. The number of alkyl halides is 5. The van der Waals surface area contributed by atoms with Crippen molar-refractivity contribution < 1.29 is 31.9 Å². The molecule has 0 amide bonds. The Morgan fingerprint density at radius 1 is 1.25 bits per heavy atom. The lowest BCUT2D eigenvalue weighted by atomic mass is 10.7. The first kappa shape index (κ1) is 11.5. The zero-order valence-electron chi connectivity index (χ0n) is 5.36. The van der Waals surface area contributed by atoms with Crippen molar-refractivity contribution in [3.8, 4) is 0 Å². The maximum Gasteiger partial charge on any atom is 0.464 e. The highest BCUT2D eigenvalue weighted by Crippen LogP contribution is 2.43. The largest absolute Gasteiger partial charge is 0.481 e. The minimum absolute atomic E-state index is 0.964. The van der Waals surface area contributed by atoms with Gasteiger partial charge in [-0.05, 0) is 0 Å². The van der Waals surface area contributed by atoms with Crippen LogP contribution in [0.3, 0.4) is 0 Å². The molecule has 0 aromatic carbocycles. The number of thioether (sulfide) groups is 1. The van der Waals surface area contributed by atoms with Crippen LogP contribution in [-0.2, 0) is 4.79 Å². The predicted octanol–water partition coefficient (Wildman–Crippen LogP) is 1.96. The molecular formula is C4H3F5O2S. The second-order valence-electron chi connectivity index (χ2n) is 1.70. The summed E-state index contributed by atoms with van der Waals surface area (Å²) in [5.41, 5.74) is 0. The first-order valence-electron chi connectivity index (χ1n) is 2.47. The molecule has 0 aromatic rings. The minimum atomic E-state index is -5.70. The molecule has 0 rings (SSSR count). The Hall–Kier alpha value is -0.530. The molecule has 0 unspecified atom stereocenters. The number of rotatable bonds is 3. The summed E-state index contributed by atoms with van der Waals surface area (Å²) in [5.74, 6) is -3.00. The van der Waals surface area contributed by atoms with Gasteiger partial charge in [0.05, 0.1) is 5.75 Å². The smallest absolute Gasteiger partial charge is 0.464 e. The lowest BCUT2D eigenvalue weighted by Crippen LogP contribution is -2.33. The highest BCUT2D eigenvalue weighted by Gasteiger charge is 2.58. The molecule has 0 saturated heterocycles. The maximum atomic E-state index is 11.9. The van der Waals surface area contributed by atoms with E-state index in [1.807, 2.05) is 0 Å². The van der Waals surface area contributed by atoms with E-state index in [-0.39, 0.29) is 0 Å². The van der Waals surface area contributed by atoms with Crippen LogP contribution in [-0.4, -0.2) is 28.3 Å². The molecule has 0 aromatic heterocycles. The Bertz CT molecular complexity index is 177. The molecule has 2 nitrogen and oxygen atoms in total. The SMILES string of the molecule is O=C(O)CSC(F)(F)C(F)(F)F. The Kier molecular flexibility index (Phi) is 3.31. The minimum Gasteiger partial charge on any atom is -0.481 e. The number of carboxylic acid groups (broad SMARTS) is 1. The van der Waals surface area contributed by atoms with Crippen LogP contribution < -0.4 is 0 Å². The van der Waals surface area contributed by atoms with Gasteiger partial charge < -0.3 is 5.11 Å². The van der Waals surface area contributed by atoms with Crippen molar-refractivity contribution in [2.75, 3.05) is 5.75 Å². The highest BCUT2D eigenvalue weighted by molar-refractivity contribution is 8.01. The van der Waals surface area contributed by atoms with Crippen molar-refractivity contribution in [3.63, 3.8) is 0 Å². The second kappa shape index (κ2) is 3.46. The van der Waals surface area contributed by atoms with Crippen molar-refractivity contribution in [1.29, 1.82) is 0 Å². The molecule has 0 atom stereocenters.